The van der Waals surface area contributed by atoms with Crippen LogP contribution in [0.5, 0.6) is 0 Å². The molecule has 26 heavy (non-hydrogen) atoms. The summed E-state index contributed by atoms with van der Waals surface area (Å²) in [5.74, 6) is 0.977. The average molecular weight is 366 g/mol. The summed E-state index contributed by atoms with van der Waals surface area (Å²) >= 11 is 1.33. The van der Waals surface area contributed by atoms with Crippen molar-refractivity contribution in [2.45, 2.75) is 32.0 Å². The maximum Gasteiger partial charge on any atom is 0.230 e. The van der Waals surface area contributed by atoms with Gasteiger partial charge in [-0.25, -0.2) is 4.98 Å². The van der Waals surface area contributed by atoms with Crippen molar-refractivity contribution in [3.8, 4) is 11.4 Å². The number of nitrogens with zero attached hydrogens (tertiary/aromatic N) is 2. The third-order valence-electron chi connectivity index (χ3n) is 4.17. The molecule has 0 saturated heterocycles. The molecule has 0 unspecified atom stereocenters. The van der Waals surface area contributed by atoms with E-state index in [0.29, 0.717) is 11.7 Å². The fraction of sp³-hybridized carbons (Fsp3) is 0.250. The van der Waals surface area contributed by atoms with Gasteiger partial charge in [-0.15, -0.1) is 5.10 Å². The number of aryl methyl sites for hydroxylation is 2. The Morgan fingerprint density at radius 1 is 1.15 bits per heavy atom. The third-order valence-corrected chi connectivity index (χ3v) is 5.02. The molecule has 134 valence electrons. The Kier molecular flexibility index (Phi) is 6.07. The summed E-state index contributed by atoms with van der Waals surface area (Å²) in [4.78, 5) is 16.5. The van der Waals surface area contributed by atoms with Crippen LogP contribution in [0.2, 0.25) is 0 Å². The molecule has 0 aliphatic rings. The van der Waals surface area contributed by atoms with E-state index in [1.807, 2.05) is 43.3 Å². The fourth-order valence-electron chi connectivity index (χ4n) is 2.52. The molecule has 5 nitrogen and oxygen atoms in total. The number of rotatable bonds is 7. The van der Waals surface area contributed by atoms with Crippen LogP contribution in [0.3, 0.4) is 0 Å². The maximum atomic E-state index is 12.1. The first kappa shape index (κ1) is 18.2. The number of hydrogen-bond acceptors (Lipinski definition) is 4. The van der Waals surface area contributed by atoms with E-state index in [9.17, 15) is 4.79 Å². The molecule has 0 atom stereocenters. The second kappa shape index (κ2) is 8.67. The Bertz CT molecular complexity index is 874. The van der Waals surface area contributed by atoms with E-state index in [1.165, 1.54) is 22.9 Å². The first-order valence-electron chi connectivity index (χ1n) is 8.61. The number of H-pyrrole nitrogens is 1. The number of hydrogen-bond donors (Lipinski definition) is 2. The minimum atomic E-state index is -0.0306. The summed E-state index contributed by atoms with van der Waals surface area (Å²) in [5.41, 5.74) is 4.58. The Labute approximate surface area is 157 Å². The first-order valence-corrected chi connectivity index (χ1v) is 9.60. The minimum absolute atomic E-state index is 0.0306. The molecule has 2 N–H and O–H groups in total. The Hall–Kier alpha value is -2.60. The van der Waals surface area contributed by atoms with Crippen molar-refractivity contribution in [2.75, 3.05) is 5.75 Å². The maximum absolute atomic E-state index is 12.1. The summed E-state index contributed by atoms with van der Waals surface area (Å²) in [5, 5.41) is 10.6. The van der Waals surface area contributed by atoms with Gasteiger partial charge >= 0.3 is 0 Å². The molecule has 3 rings (SSSR count). The molecule has 1 aromatic heterocycles. The molecule has 0 radical (unpaired) electrons. The van der Waals surface area contributed by atoms with E-state index in [0.717, 1.165) is 23.4 Å². The van der Waals surface area contributed by atoms with Crippen LogP contribution in [0.4, 0.5) is 0 Å². The molecular weight excluding hydrogens is 344 g/mol. The van der Waals surface area contributed by atoms with Crippen molar-refractivity contribution in [2.24, 2.45) is 0 Å². The van der Waals surface area contributed by atoms with Crippen LogP contribution >= 0.6 is 11.8 Å². The zero-order valence-corrected chi connectivity index (χ0v) is 15.8. The lowest BCUT2D eigenvalue weighted by molar-refractivity contribution is -0.118. The smallest absolute Gasteiger partial charge is 0.230 e. The van der Waals surface area contributed by atoms with Crippen molar-refractivity contribution in [1.82, 2.24) is 20.5 Å². The molecule has 0 bridgehead atoms. The number of nitrogens with one attached hydrogen (secondary N) is 2. The van der Waals surface area contributed by atoms with Gasteiger partial charge < -0.3 is 5.32 Å². The third kappa shape index (κ3) is 4.73. The Balaban J connectivity index is 1.51. The van der Waals surface area contributed by atoms with Gasteiger partial charge in [0.15, 0.2) is 5.82 Å². The number of aromatic amines is 1. The second-order valence-corrected chi connectivity index (χ2v) is 6.95. The summed E-state index contributed by atoms with van der Waals surface area (Å²) in [6.07, 6.45) is 1.01. The zero-order valence-electron chi connectivity index (χ0n) is 15.0. The molecule has 2 aromatic carbocycles. The van der Waals surface area contributed by atoms with E-state index in [-0.39, 0.29) is 11.7 Å². The standard InChI is InChI=1S/C20H22N4OS/c1-3-15-8-10-16(11-9-15)19-22-20(24-23-19)26-13-18(25)21-12-17-7-5-4-6-14(17)2/h4-11H,3,12-13H2,1-2H3,(H,21,25)(H,22,23,24). The van der Waals surface area contributed by atoms with Crippen LogP contribution < -0.4 is 5.32 Å². The number of aromatic nitrogens is 3. The van der Waals surface area contributed by atoms with Gasteiger partial charge in [-0.1, -0.05) is 67.2 Å². The lowest BCUT2D eigenvalue weighted by Crippen LogP contribution is -2.24. The molecule has 0 aliphatic heterocycles. The largest absolute Gasteiger partial charge is 0.351 e. The number of amides is 1. The lowest BCUT2D eigenvalue weighted by atomic mass is 10.1. The molecule has 3 aromatic rings. The van der Waals surface area contributed by atoms with E-state index < -0.39 is 0 Å². The van der Waals surface area contributed by atoms with Gasteiger partial charge in [-0.3, -0.25) is 9.89 Å². The summed E-state index contributed by atoms with van der Waals surface area (Å²) in [6, 6.07) is 16.3. The van der Waals surface area contributed by atoms with Gasteiger partial charge in [0, 0.05) is 12.1 Å². The van der Waals surface area contributed by atoms with Crippen LogP contribution in [0, 0.1) is 6.92 Å². The van der Waals surface area contributed by atoms with E-state index in [4.69, 9.17) is 0 Å². The van der Waals surface area contributed by atoms with Crippen LogP contribution in [0.15, 0.2) is 53.7 Å². The Morgan fingerprint density at radius 2 is 1.92 bits per heavy atom. The van der Waals surface area contributed by atoms with Crippen LogP contribution in [-0.4, -0.2) is 26.8 Å². The predicted octanol–water partition coefficient (Wildman–Crippen LogP) is 3.75. The summed E-state index contributed by atoms with van der Waals surface area (Å²) in [7, 11) is 0. The second-order valence-electron chi connectivity index (χ2n) is 6.01. The molecule has 0 saturated carbocycles. The van der Waals surface area contributed by atoms with E-state index in [1.54, 1.807) is 0 Å². The zero-order chi connectivity index (χ0) is 18.4. The van der Waals surface area contributed by atoms with E-state index in [2.05, 4.69) is 39.6 Å². The molecule has 0 spiro atoms. The van der Waals surface area contributed by atoms with Gasteiger partial charge in [0.2, 0.25) is 11.1 Å². The molecule has 1 heterocycles. The van der Waals surface area contributed by atoms with Crippen LogP contribution in [-0.2, 0) is 17.8 Å². The van der Waals surface area contributed by atoms with Gasteiger partial charge in [0.1, 0.15) is 0 Å². The molecular formula is C20H22N4OS. The van der Waals surface area contributed by atoms with Crippen molar-refractivity contribution < 1.29 is 4.79 Å². The van der Waals surface area contributed by atoms with Crippen molar-refractivity contribution in [3.05, 3.63) is 65.2 Å². The van der Waals surface area contributed by atoms with Crippen molar-refractivity contribution in [1.29, 1.82) is 0 Å². The normalized spacial score (nSPS) is 10.7. The highest BCUT2D eigenvalue weighted by molar-refractivity contribution is 7.99. The molecule has 1 amide bonds. The number of carbonyl (C=O) groups excluding carboxylic acids is 1. The summed E-state index contributed by atoms with van der Waals surface area (Å²) in [6.45, 7) is 4.70. The highest BCUT2D eigenvalue weighted by Crippen LogP contribution is 2.19. The van der Waals surface area contributed by atoms with E-state index >= 15 is 0 Å². The van der Waals surface area contributed by atoms with Gasteiger partial charge in [-0.2, -0.15) is 0 Å². The van der Waals surface area contributed by atoms with Gasteiger partial charge in [0.25, 0.3) is 0 Å². The highest BCUT2D eigenvalue weighted by atomic mass is 32.2. The first-order chi connectivity index (χ1) is 12.7. The van der Waals surface area contributed by atoms with Crippen LogP contribution in [0.1, 0.15) is 23.6 Å². The SMILES string of the molecule is CCc1ccc(-c2nc(SCC(=O)NCc3ccccc3C)n[nH]2)cc1. The molecule has 0 fully saturated rings. The lowest BCUT2D eigenvalue weighted by Gasteiger charge is -2.07. The predicted molar refractivity (Wildman–Crippen MR) is 105 cm³/mol. The molecule has 0 aliphatic carbocycles. The number of carbonyl (C=O) groups is 1. The van der Waals surface area contributed by atoms with Crippen molar-refractivity contribution in [3.63, 3.8) is 0 Å². The quantitative estimate of drug-likeness (QED) is 0.625. The van der Waals surface area contributed by atoms with Gasteiger partial charge in [0.05, 0.1) is 5.75 Å². The van der Waals surface area contributed by atoms with Crippen molar-refractivity contribution >= 4 is 17.7 Å². The number of benzene rings is 2. The number of thioether (sulfide) groups is 1. The fourth-order valence-corrected chi connectivity index (χ4v) is 3.15. The highest BCUT2D eigenvalue weighted by Gasteiger charge is 2.09. The molecule has 6 heteroatoms. The minimum Gasteiger partial charge on any atom is -0.351 e. The van der Waals surface area contributed by atoms with Crippen LogP contribution in [0.25, 0.3) is 11.4 Å². The monoisotopic (exact) mass is 366 g/mol. The van der Waals surface area contributed by atoms with Gasteiger partial charge in [-0.05, 0) is 30.0 Å². The summed E-state index contributed by atoms with van der Waals surface area (Å²) < 4.78 is 0. The average Bonchev–Trinajstić information content (AvgIpc) is 3.15. The topological polar surface area (TPSA) is 70.7 Å². The Morgan fingerprint density at radius 3 is 2.65 bits per heavy atom.